The molecule has 2 N–H and O–H groups in total. The molecule has 3 aromatic rings. The monoisotopic (exact) mass is 408 g/mol. The number of hydrogen-bond donors (Lipinski definition) is 2. The maximum atomic E-state index is 6.07. The summed E-state index contributed by atoms with van der Waals surface area (Å²) in [6.45, 7) is 3.95. The molecular weight excluding hydrogens is 384 g/mol. The number of benzene rings is 1. The van der Waals surface area contributed by atoms with E-state index < -0.39 is 0 Å². The molecule has 2 saturated heterocycles. The van der Waals surface area contributed by atoms with Crippen LogP contribution >= 0.6 is 0 Å². The highest BCUT2D eigenvalue weighted by Crippen LogP contribution is 2.35. The van der Waals surface area contributed by atoms with Crippen LogP contribution in [0.5, 0.6) is 11.8 Å². The Morgan fingerprint density at radius 3 is 3.07 bits per heavy atom. The molecule has 8 nitrogen and oxygen atoms in total. The lowest BCUT2D eigenvalue weighted by atomic mass is 10.1. The van der Waals surface area contributed by atoms with E-state index in [2.05, 4.69) is 34.3 Å². The third kappa shape index (κ3) is 2.98. The van der Waals surface area contributed by atoms with E-state index in [1.807, 2.05) is 18.2 Å². The summed E-state index contributed by atoms with van der Waals surface area (Å²) in [5.74, 6) is 1.76. The minimum absolute atomic E-state index is 0.0166. The van der Waals surface area contributed by atoms with Crippen LogP contribution in [0.3, 0.4) is 0 Å². The Labute approximate surface area is 173 Å². The zero-order valence-electron chi connectivity index (χ0n) is 16.8. The summed E-state index contributed by atoms with van der Waals surface area (Å²) in [5.41, 5.74) is 3.75. The van der Waals surface area contributed by atoms with Gasteiger partial charge in [0.2, 0.25) is 0 Å². The minimum Gasteiger partial charge on any atom is -0.491 e. The van der Waals surface area contributed by atoms with Gasteiger partial charge in [0.15, 0.2) is 11.8 Å². The summed E-state index contributed by atoms with van der Waals surface area (Å²) in [7, 11) is 0. The molecule has 0 saturated carbocycles. The molecule has 2 fully saturated rings. The molecule has 8 heteroatoms. The van der Waals surface area contributed by atoms with Gasteiger partial charge in [-0.2, -0.15) is 4.98 Å². The first-order chi connectivity index (χ1) is 14.8. The van der Waals surface area contributed by atoms with Crippen molar-refractivity contribution in [2.24, 2.45) is 0 Å². The number of nitrogens with zero attached hydrogens (tertiary/aromatic N) is 2. The Morgan fingerprint density at radius 2 is 2.13 bits per heavy atom. The standard InChI is InChI=1S/C22H24N4O4/c1-2-12-9-14-21(25-20(12)23-15-10-28-16-6-4-3-5-13(15)16)26-22(24-14)30-18-11-29-17-7-8-27-19(17)18/h3-6,9,15,17-19H,2,7-8,10-11H2,1H3,(H2,23,24,25,26)/t15?,17-,18-,19?/m1/s1. The molecule has 0 amide bonds. The first-order valence-corrected chi connectivity index (χ1v) is 10.6. The van der Waals surface area contributed by atoms with Gasteiger partial charge in [-0.15, -0.1) is 0 Å². The zero-order valence-corrected chi connectivity index (χ0v) is 16.8. The van der Waals surface area contributed by atoms with E-state index in [9.17, 15) is 0 Å². The molecule has 5 heterocycles. The second kappa shape index (κ2) is 7.14. The number of pyridine rings is 1. The molecule has 2 unspecified atom stereocenters. The predicted octanol–water partition coefficient (Wildman–Crippen LogP) is 3.00. The number of ether oxygens (including phenoxy) is 4. The van der Waals surface area contributed by atoms with Crippen LogP contribution in [-0.2, 0) is 15.9 Å². The van der Waals surface area contributed by atoms with Crippen molar-refractivity contribution in [2.75, 3.05) is 25.1 Å². The number of aromatic nitrogens is 3. The highest BCUT2D eigenvalue weighted by molar-refractivity contribution is 5.76. The Kier molecular flexibility index (Phi) is 4.28. The van der Waals surface area contributed by atoms with Crippen LogP contribution in [0.4, 0.5) is 5.82 Å². The maximum Gasteiger partial charge on any atom is 0.296 e. The Hall–Kier alpha value is -2.84. The molecule has 0 bridgehead atoms. The van der Waals surface area contributed by atoms with Crippen molar-refractivity contribution < 1.29 is 18.9 Å². The Morgan fingerprint density at radius 1 is 1.20 bits per heavy atom. The quantitative estimate of drug-likeness (QED) is 0.671. The molecular formula is C22H24N4O4. The van der Waals surface area contributed by atoms with Gasteiger partial charge in [-0.25, -0.2) is 4.98 Å². The fourth-order valence-electron chi connectivity index (χ4n) is 4.53. The fourth-order valence-corrected chi connectivity index (χ4v) is 4.53. The second-order valence-corrected chi connectivity index (χ2v) is 7.96. The van der Waals surface area contributed by atoms with Crippen molar-refractivity contribution in [3.8, 4) is 11.8 Å². The van der Waals surface area contributed by atoms with Crippen molar-refractivity contribution >= 4 is 17.0 Å². The zero-order chi connectivity index (χ0) is 20.1. The molecule has 156 valence electrons. The van der Waals surface area contributed by atoms with E-state index in [0.29, 0.717) is 24.9 Å². The highest BCUT2D eigenvalue weighted by atomic mass is 16.6. The van der Waals surface area contributed by atoms with Crippen LogP contribution in [0.15, 0.2) is 30.3 Å². The lowest BCUT2D eigenvalue weighted by Crippen LogP contribution is -2.32. The lowest BCUT2D eigenvalue weighted by Gasteiger charge is -2.15. The number of imidazole rings is 1. The van der Waals surface area contributed by atoms with Gasteiger partial charge in [-0.3, -0.25) is 0 Å². The largest absolute Gasteiger partial charge is 0.491 e. The third-order valence-corrected chi connectivity index (χ3v) is 6.11. The van der Waals surface area contributed by atoms with Gasteiger partial charge in [-0.1, -0.05) is 25.1 Å². The van der Waals surface area contributed by atoms with E-state index >= 15 is 0 Å². The predicted molar refractivity (Wildman–Crippen MR) is 110 cm³/mol. The molecule has 3 aliphatic heterocycles. The SMILES string of the molecule is CCc1cc2[nH]c(O[C@@H]3CO[C@@H]4CCOC43)nc2nc1NC1COc2ccccc21. The molecule has 6 rings (SSSR count). The average Bonchev–Trinajstić information content (AvgIpc) is 3.53. The summed E-state index contributed by atoms with van der Waals surface area (Å²) in [6.07, 6.45) is 1.75. The molecule has 2 aromatic heterocycles. The van der Waals surface area contributed by atoms with Crippen molar-refractivity contribution in [2.45, 2.75) is 44.1 Å². The van der Waals surface area contributed by atoms with E-state index in [4.69, 9.17) is 23.9 Å². The van der Waals surface area contributed by atoms with Gasteiger partial charge in [0.1, 0.15) is 24.3 Å². The fraction of sp³-hybridized carbons (Fsp3) is 0.455. The normalized spacial score (nSPS) is 27.1. The van der Waals surface area contributed by atoms with E-state index in [0.717, 1.165) is 47.7 Å². The van der Waals surface area contributed by atoms with Gasteiger partial charge in [-0.05, 0) is 30.5 Å². The molecule has 0 radical (unpaired) electrons. The molecule has 30 heavy (non-hydrogen) atoms. The number of hydrogen-bond acceptors (Lipinski definition) is 7. The van der Waals surface area contributed by atoms with Crippen LogP contribution in [0.2, 0.25) is 0 Å². The lowest BCUT2D eigenvalue weighted by molar-refractivity contribution is 0.0273. The van der Waals surface area contributed by atoms with Crippen LogP contribution in [0.1, 0.15) is 30.5 Å². The molecule has 0 spiro atoms. The van der Waals surface area contributed by atoms with Crippen molar-refractivity contribution in [1.29, 1.82) is 0 Å². The number of aromatic amines is 1. The van der Waals surface area contributed by atoms with Gasteiger partial charge >= 0.3 is 0 Å². The highest BCUT2D eigenvalue weighted by Gasteiger charge is 2.43. The van der Waals surface area contributed by atoms with Crippen LogP contribution < -0.4 is 14.8 Å². The number of H-pyrrole nitrogens is 1. The van der Waals surface area contributed by atoms with Crippen LogP contribution in [0, 0.1) is 0 Å². The van der Waals surface area contributed by atoms with Gasteiger partial charge in [0, 0.05) is 12.2 Å². The second-order valence-electron chi connectivity index (χ2n) is 7.96. The van der Waals surface area contributed by atoms with Crippen molar-refractivity contribution in [3.63, 3.8) is 0 Å². The van der Waals surface area contributed by atoms with E-state index in [-0.39, 0.29) is 24.4 Å². The molecule has 4 atom stereocenters. The molecule has 1 aromatic carbocycles. The van der Waals surface area contributed by atoms with Gasteiger partial charge < -0.3 is 29.2 Å². The number of nitrogens with one attached hydrogen (secondary N) is 2. The van der Waals surface area contributed by atoms with Gasteiger partial charge in [0.05, 0.1) is 24.3 Å². The number of fused-ring (bicyclic) bond motifs is 3. The minimum atomic E-state index is -0.145. The first-order valence-electron chi connectivity index (χ1n) is 10.6. The number of para-hydroxylation sites is 1. The first kappa shape index (κ1) is 18.0. The van der Waals surface area contributed by atoms with Crippen LogP contribution in [-0.4, -0.2) is 53.1 Å². The number of anilines is 1. The number of rotatable bonds is 5. The summed E-state index contributed by atoms with van der Waals surface area (Å²) >= 11 is 0. The number of aryl methyl sites for hydroxylation is 1. The van der Waals surface area contributed by atoms with Crippen molar-refractivity contribution in [1.82, 2.24) is 15.0 Å². The van der Waals surface area contributed by atoms with Crippen LogP contribution in [0.25, 0.3) is 11.2 Å². The smallest absolute Gasteiger partial charge is 0.296 e. The van der Waals surface area contributed by atoms with Gasteiger partial charge in [0.25, 0.3) is 6.01 Å². The topological polar surface area (TPSA) is 90.5 Å². The summed E-state index contributed by atoms with van der Waals surface area (Å²) in [5, 5.41) is 3.55. The molecule has 0 aliphatic carbocycles. The Balaban J connectivity index is 1.26. The van der Waals surface area contributed by atoms with E-state index in [1.165, 1.54) is 0 Å². The summed E-state index contributed by atoms with van der Waals surface area (Å²) in [6, 6.07) is 10.7. The average molecular weight is 408 g/mol. The summed E-state index contributed by atoms with van der Waals surface area (Å²) < 4.78 is 23.4. The summed E-state index contributed by atoms with van der Waals surface area (Å²) in [4.78, 5) is 12.6. The Bertz CT molecular complexity index is 1080. The maximum absolute atomic E-state index is 6.07. The van der Waals surface area contributed by atoms with Crippen molar-refractivity contribution in [3.05, 3.63) is 41.5 Å². The van der Waals surface area contributed by atoms with E-state index in [1.54, 1.807) is 0 Å². The molecule has 3 aliphatic rings. The third-order valence-electron chi connectivity index (χ3n) is 6.11.